The van der Waals surface area contributed by atoms with E-state index in [0.717, 1.165) is 4.31 Å². The molecule has 3 aromatic carbocycles. The lowest BCUT2D eigenvalue weighted by atomic mass is 9.90. The van der Waals surface area contributed by atoms with Crippen LogP contribution in [0.2, 0.25) is 5.02 Å². The predicted molar refractivity (Wildman–Crippen MR) is 155 cm³/mol. The number of carbonyl (C=O) groups excluding carboxylic acids is 2. The van der Waals surface area contributed by atoms with E-state index in [9.17, 15) is 27.9 Å². The molecule has 4 aromatic rings. The third-order valence-corrected chi connectivity index (χ3v) is 9.41. The van der Waals surface area contributed by atoms with Crippen LogP contribution in [0.3, 0.4) is 0 Å². The number of benzene rings is 3. The van der Waals surface area contributed by atoms with Crippen molar-refractivity contribution in [3.05, 3.63) is 88.6 Å². The van der Waals surface area contributed by atoms with E-state index in [1.807, 2.05) is 0 Å². The maximum Gasteiger partial charge on any atom is 0.324 e. The number of nitrogens with zero attached hydrogens (tertiary/aromatic N) is 1. The van der Waals surface area contributed by atoms with Gasteiger partial charge in [-0.3, -0.25) is 18.7 Å². The largest absolute Gasteiger partial charge is 0.497 e. The Labute approximate surface area is 241 Å². The SMILES string of the molecule is COc1ccc(S(=O)(=O)N(CC(=O)O)c2ccc(Cl)c3[nH]c(CCC4CCC(=O)c5ccccc5C4=O)cc23)cc1. The van der Waals surface area contributed by atoms with E-state index in [4.69, 9.17) is 16.3 Å². The van der Waals surface area contributed by atoms with Gasteiger partial charge in [-0.25, -0.2) is 8.42 Å². The lowest BCUT2D eigenvalue weighted by Gasteiger charge is -2.24. The van der Waals surface area contributed by atoms with Crippen LogP contribution < -0.4 is 9.04 Å². The van der Waals surface area contributed by atoms with Crippen molar-refractivity contribution in [2.24, 2.45) is 5.92 Å². The van der Waals surface area contributed by atoms with Crippen LogP contribution in [0.1, 0.15) is 45.7 Å². The number of Topliss-reactive ketones (excluding diaryl/α,β-unsaturated/α-hetero) is 2. The zero-order chi connectivity index (χ0) is 29.3. The van der Waals surface area contributed by atoms with Crippen molar-refractivity contribution in [2.45, 2.75) is 30.6 Å². The molecule has 0 spiro atoms. The molecule has 1 heterocycles. The maximum atomic E-state index is 13.6. The molecule has 0 aliphatic heterocycles. The number of aliphatic carboxylic acids is 1. The number of carboxylic acid groups (broad SMARTS) is 1. The smallest absolute Gasteiger partial charge is 0.324 e. The summed E-state index contributed by atoms with van der Waals surface area (Å²) in [5.74, 6) is -1.35. The van der Waals surface area contributed by atoms with Crippen molar-refractivity contribution in [1.29, 1.82) is 0 Å². The minimum Gasteiger partial charge on any atom is -0.497 e. The number of anilines is 1. The van der Waals surface area contributed by atoms with Crippen LogP contribution in [-0.4, -0.2) is 49.7 Å². The van der Waals surface area contributed by atoms with E-state index in [1.54, 1.807) is 30.3 Å². The second-order valence-electron chi connectivity index (χ2n) is 9.84. The van der Waals surface area contributed by atoms with Crippen molar-refractivity contribution in [3.8, 4) is 5.75 Å². The number of fused-ring (bicyclic) bond motifs is 2. The molecule has 41 heavy (non-hydrogen) atoms. The number of hydrogen-bond acceptors (Lipinski definition) is 6. The van der Waals surface area contributed by atoms with E-state index in [2.05, 4.69) is 4.98 Å². The van der Waals surface area contributed by atoms with Gasteiger partial charge < -0.3 is 14.8 Å². The quantitative estimate of drug-likeness (QED) is 0.244. The minimum atomic E-state index is -4.28. The number of aryl methyl sites for hydroxylation is 1. The highest BCUT2D eigenvalue weighted by atomic mass is 35.5. The van der Waals surface area contributed by atoms with Gasteiger partial charge in [0.05, 0.1) is 28.2 Å². The van der Waals surface area contributed by atoms with E-state index in [1.165, 1.54) is 43.5 Å². The van der Waals surface area contributed by atoms with Crippen molar-refractivity contribution in [3.63, 3.8) is 0 Å². The van der Waals surface area contributed by atoms with Crippen molar-refractivity contribution >= 4 is 55.8 Å². The lowest BCUT2D eigenvalue weighted by Crippen LogP contribution is -2.35. The van der Waals surface area contributed by atoms with Crippen LogP contribution in [0.15, 0.2) is 71.6 Å². The summed E-state index contributed by atoms with van der Waals surface area (Å²) in [6.45, 7) is -0.810. The second kappa shape index (κ2) is 11.4. The monoisotopic (exact) mass is 594 g/mol. The van der Waals surface area contributed by atoms with Crippen molar-refractivity contribution in [2.75, 3.05) is 18.0 Å². The molecule has 1 aliphatic carbocycles. The molecule has 0 fully saturated rings. The third-order valence-electron chi connectivity index (χ3n) is 7.32. The molecule has 1 unspecified atom stereocenters. The lowest BCUT2D eigenvalue weighted by molar-refractivity contribution is -0.135. The molecule has 0 bridgehead atoms. The highest BCUT2D eigenvalue weighted by molar-refractivity contribution is 7.92. The summed E-state index contributed by atoms with van der Waals surface area (Å²) in [4.78, 5) is 40.7. The first kappa shape index (κ1) is 28.4. The predicted octanol–water partition coefficient (Wildman–Crippen LogP) is 5.52. The number of carbonyl (C=O) groups is 3. The first-order valence-electron chi connectivity index (χ1n) is 12.9. The molecule has 1 aliphatic rings. The summed E-state index contributed by atoms with van der Waals surface area (Å²) in [5, 5.41) is 10.4. The summed E-state index contributed by atoms with van der Waals surface area (Å²) < 4.78 is 33.2. The number of nitrogens with one attached hydrogen (secondary N) is 1. The van der Waals surface area contributed by atoms with Gasteiger partial charge >= 0.3 is 5.97 Å². The first-order valence-corrected chi connectivity index (χ1v) is 14.8. The van der Waals surface area contributed by atoms with E-state index >= 15 is 0 Å². The normalized spacial score (nSPS) is 15.4. The van der Waals surface area contributed by atoms with Gasteiger partial charge in [-0.1, -0.05) is 35.9 Å². The number of aromatic amines is 1. The van der Waals surface area contributed by atoms with Crippen molar-refractivity contribution in [1.82, 2.24) is 4.98 Å². The Bertz CT molecular complexity index is 1760. The Morgan fingerprint density at radius 2 is 1.78 bits per heavy atom. The zero-order valence-corrected chi connectivity index (χ0v) is 23.7. The number of hydrogen-bond donors (Lipinski definition) is 2. The molecule has 0 amide bonds. The van der Waals surface area contributed by atoms with E-state index < -0.39 is 22.5 Å². The highest BCUT2D eigenvalue weighted by Crippen LogP contribution is 2.36. The number of methoxy groups -OCH3 is 1. The summed E-state index contributed by atoms with van der Waals surface area (Å²) in [6, 6.07) is 17.3. The summed E-state index contributed by atoms with van der Waals surface area (Å²) in [5.41, 5.74) is 2.19. The summed E-state index contributed by atoms with van der Waals surface area (Å²) >= 11 is 6.46. The van der Waals surface area contributed by atoms with Crippen LogP contribution >= 0.6 is 11.6 Å². The van der Waals surface area contributed by atoms with Gasteiger partial charge in [0.15, 0.2) is 11.6 Å². The fraction of sp³-hybridized carbons (Fsp3) is 0.233. The van der Waals surface area contributed by atoms with Gasteiger partial charge in [0, 0.05) is 34.5 Å². The van der Waals surface area contributed by atoms with Gasteiger partial charge in [0.2, 0.25) is 0 Å². The molecule has 212 valence electrons. The van der Waals surface area contributed by atoms with Crippen LogP contribution in [0.5, 0.6) is 5.75 Å². The molecule has 2 N–H and O–H groups in total. The fourth-order valence-electron chi connectivity index (χ4n) is 5.21. The van der Waals surface area contributed by atoms with Gasteiger partial charge in [-0.2, -0.15) is 0 Å². The van der Waals surface area contributed by atoms with Gasteiger partial charge in [0.1, 0.15) is 12.3 Å². The molecule has 1 aromatic heterocycles. The van der Waals surface area contributed by atoms with Gasteiger partial charge in [-0.15, -0.1) is 0 Å². The number of aromatic nitrogens is 1. The Morgan fingerprint density at radius 3 is 2.46 bits per heavy atom. The second-order valence-corrected chi connectivity index (χ2v) is 12.1. The number of rotatable bonds is 9. The van der Waals surface area contributed by atoms with Gasteiger partial charge in [-0.05, 0) is 61.7 Å². The fourth-order valence-corrected chi connectivity index (χ4v) is 6.86. The average molecular weight is 595 g/mol. The van der Waals surface area contributed by atoms with Crippen LogP contribution in [0.4, 0.5) is 5.69 Å². The molecule has 0 saturated carbocycles. The zero-order valence-electron chi connectivity index (χ0n) is 22.1. The first-order chi connectivity index (χ1) is 19.6. The molecule has 9 nitrogen and oxygen atoms in total. The highest BCUT2D eigenvalue weighted by Gasteiger charge is 2.31. The molecule has 5 rings (SSSR count). The molecule has 0 radical (unpaired) electrons. The van der Waals surface area contributed by atoms with Crippen LogP contribution in [-0.2, 0) is 21.2 Å². The number of sulfonamides is 1. The Hall–Kier alpha value is -4.15. The molecular weight excluding hydrogens is 568 g/mol. The minimum absolute atomic E-state index is 0.0462. The van der Waals surface area contributed by atoms with Crippen LogP contribution in [0, 0.1) is 5.92 Å². The number of carboxylic acids is 1. The van der Waals surface area contributed by atoms with Crippen LogP contribution in [0.25, 0.3) is 10.9 Å². The Morgan fingerprint density at radius 1 is 1.07 bits per heavy atom. The maximum absolute atomic E-state index is 13.6. The number of ether oxygens (including phenoxy) is 1. The number of H-pyrrole nitrogens is 1. The molecule has 0 saturated heterocycles. The third kappa shape index (κ3) is 5.57. The van der Waals surface area contributed by atoms with Crippen molar-refractivity contribution < 1.29 is 32.6 Å². The topological polar surface area (TPSA) is 134 Å². The molecule has 11 heteroatoms. The molecular formula is C30H27ClN2O7S. The van der Waals surface area contributed by atoms with E-state index in [-0.39, 0.29) is 34.5 Å². The summed E-state index contributed by atoms with van der Waals surface area (Å²) in [7, 11) is -2.82. The molecule has 1 atom stereocenters. The Kier molecular flexibility index (Phi) is 7.88. The Balaban J connectivity index is 1.48. The standard InChI is InChI=1S/C30H27ClN2O7S/c1-40-20-9-11-21(12-10-20)41(38,39)33(17-28(35)36)26-14-13-25(31)29-24(26)16-19(32-29)8-6-18-7-15-27(34)22-4-2-3-5-23(22)30(18)37/h2-5,9-14,16,18,32H,6-8,15,17H2,1H3,(H,35,36). The van der Waals surface area contributed by atoms with E-state index in [0.29, 0.717) is 57.8 Å². The number of ketones is 2. The summed E-state index contributed by atoms with van der Waals surface area (Å²) in [6.07, 6.45) is 1.61. The number of halogens is 1. The van der Waals surface area contributed by atoms with Gasteiger partial charge in [0.25, 0.3) is 10.0 Å². The average Bonchev–Trinajstić information content (AvgIpc) is 3.36.